The molecule has 0 amide bonds. The number of carbonyl (C=O) groups excluding carboxylic acids is 3. The topological polar surface area (TPSA) is 155 Å². The van der Waals surface area contributed by atoms with Gasteiger partial charge in [-0.1, -0.05) is 237 Å². The summed E-state index contributed by atoms with van der Waals surface area (Å²) < 4.78 is 39.5. The van der Waals surface area contributed by atoms with E-state index in [-0.39, 0.29) is 25.9 Å². The zero-order chi connectivity index (χ0) is 52.7. The van der Waals surface area contributed by atoms with Crippen LogP contribution in [0.15, 0.2) is 36.5 Å². The Morgan fingerprint density at radius 2 is 0.708 bits per heavy atom. The van der Waals surface area contributed by atoms with E-state index >= 15 is 0 Å². The van der Waals surface area contributed by atoms with Gasteiger partial charge in [-0.05, 0) is 70.6 Å². The van der Waals surface area contributed by atoms with Gasteiger partial charge in [-0.25, -0.2) is 4.57 Å². The van der Waals surface area contributed by atoms with E-state index in [1.54, 1.807) is 0 Å². The zero-order valence-electron chi connectivity index (χ0n) is 46.7. The molecule has 0 radical (unpaired) electrons. The van der Waals surface area contributed by atoms with Crippen molar-refractivity contribution in [3.63, 3.8) is 0 Å². The summed E-state index contributed by atoms with van der Waals surface area (Å²) >= 11 is 0. The Kier molecular flexibility index (Phi) is 53.2. The fraction of sp³-hybridized carbons (Fsp3) is 0.850. The largest absolute Gasteiger partial charge is 0.472 e. The lowest BCUT2D eigenvalue weighted by Crippen LogP contribution is -2.30. The van der Waals surface area contributed by atoms with Crippen molar-refractivity contribution in [3.8, 4) is 0 Å². The molecule has 0 aromatic rings. The van der Waals surface area contributed by atoms with Gasteiger partial charge in [0, 0.05) is 19.3 Å². The second-order valence-corrected chi connectivity index (χ2v) is 21.6. The Morgan fingerprint density at radius 1 is 0.389 bits per heavy atom. The number of allylic oxidation sites excluding steroid dienone is 6. The summed E-state index contributed by atoms with van der Waals surface area (Å²) in [5.74, 6) is -1.46. The normalized spacial score (nSPS) is 13.6. The molecule has 0 aromatic carbocycles. The molecular weight excluding hydrogens is 928 g/mol. The summed E-state index contributed by atoms with van der Waals surface area (Å²) in [6, 6.07) is 0. The molecule has 0 aromatic heterocycles. The van der Waals surface area contributed by atoms with Crippen molar-refractivity contribution in [3.05, 3.63) is 36.5 Å². The first-order valence-corrected chi connectivity index (χ1v) is 31.4. The van der Waals surface area contributed by atoms with Gasteiger partial charge < -0.3 is 24.2 Å². The molecule has 422 valence electrons. The number of rotatable bonds is 56. The van der Waals surface area contributed by atoms with Crippen LogP contribution < -0.4 is 0 Å². The maximum Gasteiger partial charge on any atom is 0.472 e. The van der Waals surface area contributed by atoms with Crippen LogP contribution in [0.25, 0.3) is 0 Å². The first kappa shape index (κ1) is 69.7. The van der Waals surface area contributed by atoms with Crippen LogP contribution in [0, 0.1) is 0 Å². The van der Waals surface area contributed by atoms with Crippen LogP contribution in [0.3, 0.4) is 0 Å². The standard InChI is InChI=1S/C60H111O11P/c1-4-7-10-13-16-19-22-25-26-27-28-29-30-33-36-39-42-45-48-51-60(64)71-57(53-67-58(62)49-46-43-40-37-34-31-23-20-17-14-11-8-5-2)55-69-72(65,66)68-54-56(52-61)70-59(63)50-47-44-41-38-35-32-24-21-18-15-12-9-6-3/h12,15,21,24-26,56-57,61H,4-11,13-14,16-20,22-23,27-55H2,1-3H3,(H,65,66)/b15-12-,24-21-,26-25-. The highest BCUT2D eigenvalue weighted by molar-refractivity contribution is 7.47. The molecule has 12 heteroatoms. The van der Waals surface area contributed by atoms with E-state index in [2.05, 4.69) is 57.2 Å². The van der Waals surface area contributed by atoms with Gasteiger partial charge in [-0.3, -0.25) is 23.4 Å². The minimum atomic E-state index is -4.75. The average molecular weight is 1040 g/mol. The summed E-state index contributed by atoms with van der Waals surface area (Å²) in [6.07, 6.45) is 56.7. The van der Waals surface area contributed by atoms with Gasteiger partial charge in [0.2, 0.25) is 0 Å². The highest BCUT2D eigenvalue weighted by Crippen LogP contribution is 2.43. The molecular formula is C60H111O11P. The van der Waals surface area contributed by atoms with Crippen molar-refractivity contribution in [2.24, 2.45) is 0 Å². The average Bonchev–Trinajstić information content (AvgIpc) is 3.37. The highest BCUT2D eigenvalue weighted by Gasteiger charge is 2.28. The fourth-order valence-corrected chi connectivity index (χ4v) is 9.23. The van der Waals surface area contributed by atoms with E-state index in [0.29, 0.717) is 19.3 Å². The third-order valence-corrected chi connectivity index (χ3v) is 14.0. The number of unbranched alkanes of at least 4 members (excludes halogenated alkanes) is 33. The van der Waals surface area contributed by atoms with E-state index in [1.807, 2.05) is 0 Å². The molecule has 0 aliphatic heterocycles. The smallest absolute Gasteiger partial charge is 0.462 e. The minimum Gasteiger partial charge on any atom is -0.462 e. The number of ether oxygens (including phenoxy) is 3. The molecule has 3 unspecified atom stereocenters. The number of phosphoric acid groups is 1. The summed E-state index contributed by atoms with van der Waals surface area (Å²) in [6.45, 7) is 4.60. The van der Waals surface area contributed by atoms with E-state index < -0.39 is 57.8 Å². The number of phosphoric ester groups is 1. The molecule has 0 saturated heterocycles. The number of esters is 3. The van der Waals surface area contributed by atoms with Gasteiger partial charge in [-0.2, -0.15) is 0 Å². The summed E-state index contributed by atoms with van der Waals surface area (Å²) in [5.41, 5.74) is 0. The van der Waals surface area contributed by atoms with Crippen LogP contribution in [0.1, 0.15) is 290 Å². The third-order valence-electron chi connectivity index (χ3n) is 13.0. The van der Waals surface area contributed by atoms with Gasteiger partial charge in [0.05, 0.1) is 19.8 Å². The second kappa shape index (κ2) is 54.9. The Balaban J connectivity index is 4.68. The van der Waals surface area contributed by atoms with Gasteiger partial charge in [0.15, 0.2) is 6.10 Å². The Morgan fingerprint density at radius 3 is 1.10 bits per heavy atom. The van der Waals surface area contributed by atoms with Crippen molar-refractivity contribution >= 4 is 25.7 Å². The lowest BCUT2D eigenvalue weighted by Gasteiger charge is -2.21. The van der Waals surface area contributed by atoms with Crippen molar-refractivity contribution < 1.29 is 52.2 Å². The monoisotopic (exact) mass is 1040 g/mol. The number of hydrogen-bond acceptors (Lipinski definition) is 10. The molecule has 0 rings (SSSR count). The van der Waals surface area contributed by atoms with E-state index in [1.165, 1.54) is 148 Å². The molecule has 3 atom stereocenters. The molecule has 0 aliphatic rings. The molecule has 0 heterocycles. The quantitative estimate of drug-likeness (QED) is 0.0197. The lowest BCUT2D eigenvalue weighted by molar-refractivity contribution is -0.161. The third kappa shape index (κ3) is 52.6. The van der Waals surface area contributed by atoms with Gasteiger partial charge in [0.25, 0.3) is 0 Å². The Hall–Kier alpha value is -2.30. The number of aliphatic hydroxyl groups excluding tert-OH is 1. The maximum atomic E-state index is 12.9. The number of aliphatic hydroxyl groups is 1. The van der Waals surface area contributed by atoms with Crippen LogP contribution in [-0.4, -0.2) is 66.5 Å². The van der Waals surface area contributed by atoms with Crippen LogP contribution in [0.2, 0.25) is 0 Å². The molecule has 2 N–H and O–H groups in total. The second-order valence-electron chi connectivity index (χ2n) is 20.2. The fourth-order valence-electron chi connectivity index (χ4n) is 8.45. The van der Waals surface area contributed by atoms with Gasteiger partial charge in [-0.15, -0.1) is 0 Å². The molecule has 0 spiro atoms. The molecule has 0 aliphatic carbocycles. The summed E-state index contributed by atoms with van der Waals surface area (Å²) in [4.78, 5) is 48.5. The van der Waals surface area contributed by atoms with Gasteiger partial charge >= 0.3 is 25.7 Å². The van der Waals surface area contributed by atoms with Crippen molar-refractivity contribution in [1.29, 1.82) is 0 Å². The first-order valence-electron chi connectivity index (χ1n) is 29.9. The molecule has 0 saturated carbocycles. The first-order chi connectivity index (χ1) is 35.2. The van der Waals surface area contributed by atoms with Crippen LogP contribution in [0.4, 0.5) is 0 Å². The highest BCUT2D eigenvalue weighted by atomic mass is 31.2. The Bertz CT molecular complexity index is 1350. The maximum absolute atomic E-state index is 12.9. The summed E-state index contributed by atoms with van der Waals surface area (Å²) in [5, 5.41) is 9.80. The van der Waals surface area contributed by atoms with E-state index in [0.717, 1.165) is 83.5 Å². The van der Waals surface area contributed by atoms with Crippen LogP contribution >= 0.6 is 7.82 Å². The predicted octanol–water partition coefficient (Wildman–Crippen LogP) is 17.6. The zero-order valence-corrected chi connectivity index (χ0v) is 47.6. The minimum absolute atomic E-state index is 0.163. The molecule has 11 nitrogen and oxygen atoms in total. The molecule has 0 bridgehead atoms. The van der Waals surface area contributed by atoms with Gasteiger partial charge in [0.1, 0.15) is 12.7 Å². The number of carbonyl (C=O) groups is 3. The SMILES string of the molecule is CCC/C=C\C/C=C\CCCCCCCC(=O)OC(CO)COP(=O)(O)OCC(COC(=O)CCCCCCCCCCCCCCC)OC(=O)CCCCCCCCCCC/C=C\CCCCCCCC. The Labute approximate surface area is 441 Å². The van der Waals surface area contributed by atoms with Crippen molar-refractivity contribution in [2.45, 2.75) is 303 Å². The lowest BCUT2D eigenvalue weighted by atomic mass is 10.0. The van der Waals surface area contributed by atoms with Crippen LogP contribution in [0.5, 0.6) is 0 Å². The van der Waals surface area contributed by atoms with Crippen LogP contribution in [-0.2, 0) is 42.2 Å². The van der Waals surface area contributed by atoms with E-state index in [4.69, 9.17) is 23.3 Å². The van der Waals surface area contributed by atoms with Crippen molar-refractivity contribution in [1.82, 2.24) is 0 Å². The van der Waals surface area contributed by atoms with Crippen molar-refractivity contribution in [2.75, 3.05) is 26.4 Å². The predicted molar refractivity (Wildman–Crippen MR) is 298 cm³/mol. The molecule has 72 heavy (non-hydrogen) atoms. The summed E-state index contributed by atoms with van der Waals surface area (Å²) in [7, 11) is -4.75. The number of hydrogen-bond donors (Lipinski definition) is 2. The molecule has 0 fully saturated rings. The van der Waals surface area contributed by atoms with E-state index in [9.17, 15) is 28.9 Å².